The van der Waals surface area contributed by atoms with Gasteiger partial charge in [-0.1, -0.05) is 30.1 Å². The number of rotatable bonds is 7. The lowest BCUT2D eigenvalue weighted by atomic mass is 10.2. The third-order valence-corrected chi connectivity index (χ3v) is 3.68. The summed E-state index contributed by atoms with van der Waals surface area (Å²) < 4.78 is 3.89. The minimum atomic E-state index is -0.0234. The molecule has 19 heavy (non-hydrogen) atoms. The summed E-state index contributed by atoms with van der Waals surface area (Å²) in [4.78, 5) is 15.4. The number of hydrogen-bond donors (Lipinski definition) is 1. The molecule has 0 radical (unpaired) electrons. The van der Waals surface area contributed by atoms with Gasteiger partial charge in [-0.25, -0.2) is 0 Å². The van der Waals surface area contributed by atoms with Gasteiger partial charge in [-0.3, -0.25) is 4.79 Å². The van der Waals surface area contributed by atoms with Gasteiger partial charge >= 0.3 is 0 Å². The van der Waals surface area contributed by atoms with Crippen molar-refractivity contribution in [1.29, 1.82) is 0 Å². The molecule has 7 heteroatoms. The molecule has 0 unspecified atom stereocenters. The highest BCUT2D eigenvalue weighted by Crippen LogP contribution is 2.17. The van der Waals surface area contributed by atoms with Gasteiger partial charge in [0.25, 0.3) is 5.91 Å². The Balaban J connectivity index is 2.86. The predicted octanol–water partition coefficient (Wildman–Crippen LogP) is 2.02. The van der Waals surface area contributed by atoms with E-state index in [4.69, 9.17) is 18.0 Å². The van der Waals surface area contributed by atoms with Crippen LogP contribution in [-0.4, -0.2) is 38.0 Å². The van der Waals surface area contributed by atoms with E-state index in [1.165, 1.54) is 0 Å². The second-order valence-electron chi connectivity index (χ2n) is 4.61. The average molecular weight is 300 g/mol. The van der Waals surface area contributed by atoms with Crippen LogP contribution < -0.4 is 5.73 Å². The van der Waals surface area contributed by atoms with Crippen LogP contribution in [0.1, 0.15) is 49.0 Å². The van der Waals surface area contributed by atoms with Crippen LogP contribution in [0.5, 0.6) is 0 Å². The van der Waals surface area contributed by atoms with Gasteiger partial charge < -0.3 is 10.6 Å². The molecule has 0 saturated carbocycles. The van der Waals surface area contributed by atoms with E-state index >= 15 is 0 Å². The number of carbonyl (C=O) groups excluding carboxylic acids is 1. The number of aromatic nitrogens is 2. The summed E-state index contributed by atoms with van der Waals surface area (Å²) in [6.07, 6.45) is 2.26. The fourth-order valence-electron chi connectivity index (χ4n) is 1.73. The summed E-state index contributed by atoms with van der Waals surface area (Å²) in [6, 6.07) is 0.0958. The molecule has 0 aliphatic carbocycles. The van der Waals surface area contributed by atoms with Gasteiger partial charge in [0.2, 0.25) is 0 Å². The van der Waals surface area contributed by atoms with Crippen molar-refractivity contribution >= 4 is 34.6 Å². The highest BCUT2D eigenvalue weighted by Gasteiger charge is 2.23. The quantitative estimate of drug-likeness (QED) is 0.780. The van der Waals surface area contributed by atoms with Crippen molar-refractivity contribution in [1.82, 2.24) is 14.5 Å². The highest BCUT2D eigenvalue weighted by molar-refractivity contribution is 7.80. The van der Waals surface area contributed by atoms with Crippen LogP contribution >= 0.6 is 23.8 Å². The van der Waals surface area contributed by atoms with E-state index < -0.39 is 0 Å². The van der Waals surface area contributed by atoms with Gasteiger partial charge in [0.05, 0.1) is 10.7 Å². The van der Waals surface area contributed by atoms with E-state index in [0.717, 1.165) is 30.1 Å². The SMILES string of the molecule is CCCc1nnsc1C(=O)N(CCC(N)=S)C(C)C. The Kier molecular flexibility index (Phi) is 6.30. The molecule has 0 saturated heterocycles. The first-order valence-corrected chi connectivity index (χ1v) is 7.56. The molecule has 0 aromatic carbocycles. The molecule has 1 rings (SSSR count). The largest absolute Gasteiger partial charge is 0.393 e. The number of amides is 1. The smallest absolute Gasteiger partial charge is 0.267 e. The van der Waals surface area contributed by atoms with Crippen molar-refractivity contribution in [2.75, 3.05) is 6.54 Å². The Hall–Kier alpha value is -1.08. The first-order valence-electron chi connectivity index (χ1n) is 6.37. The minimum Gasteiger partial charge on any atom is -0.393 e. The predicted molar refractivity (Wildman–Crippen MR) is 81.5 cm³/mol. The molecule has 0 aliphatic heterocycles. The third kappa shape index (κ3) is 4.50. The van der Waals surface area contributed by atoms with Crippen molar-refractivity contribution in [2.45, 2.75) is 46.1 Å². The lowest BCUT2D eigenvalue weighted by molar-refractivity contribution is 0.0715. The number of hydrogen-bond acceptors (Lipinski definition) is 5. The lowest BCUT2D eigenvalue weighted by Crippen LogP contribution is -2.39. The topological polar surface area (TPSA) is 72.1 Å². The van der Waals surface area contributed by atoms with Crippen LogP contribution in [0.3, 0.4) is 0 Å². The number of aryl methyl sites for hydroxylation is 1. The van der Waals surface area contributed by atoms with Crippen LogP contribution in [0.15, 0.2) is 0 Å². The Bertz CT molecular complexity index is 445. The molecule has 1 aromatic heterocycles. The van der Waals surface area contributed by atoms with Crippen LogP contribution in [-0.2, 0) is 6.42 Å². The highest BCUT2D eigenvalue weighted by atomic mass is 32.1. The van der Waals surface area contributed by atoms with Gasteiger partial charge in [-0.15, -0.1) is 5.10 Å². The number of carbonyl (C=O) groups is 1. The number of thiocarbonyl (C=S) groups is 1. The van der Waals surface area contributed by atoms with Crippen LogP contribution in [0.4, 0.5) is 0 Å². The van der Waals surface area contributed by atoms with E-state index in [1.807, 2.05) is 13.8 Å². The molecule has 0 spiro atoms. The molecule has 106 valence electrons. The standard InChI is InChI=1S/C12H20N4OS2/c1-4-5-9-11(19-15-14-9)12(17)16(8(2)3)7-6-10(13)18/h8H,4-7H2,1-3H3,(H2,13,18). The molecular formula is C12H20N4OS2. The van der Waals surface area contributed by atoms with E-state index in [-0.39, 0.29) is 11.9 Å². The van der Waals surface area contributed by atoms with Crippen molar-refractivity contribution in [2.24, 2.45) is 5.73 Å². The monoisotopic (exact) mass is 300 g/mol. The van der Waals surface area contributed by atoms with Gasteiger partial charge in [0, 0.05) is 19.0 Å². The first-order chi connectivity index (χ1) is 8.97. The van der Waals surface area contributed by atoms with Crippen molar-refractivity contribution < 1.29 is 4.79 Å². The maximum absolute atomic E-state index is 12.5. The zero-order valence-electron chi connectivity index (χ0n) is 11.5. The molecule has 2 N–H and O–H groups in total. The van der Waals surface area contributed by atoms with Crippen LogP contribution in [0, 0.1) is 0 Å². The summed E-state index contributed by atoms with van der Waals surface area (Å²) >= 11 is 6.03. The maximum atomic E-state index is 12.5. The summed E-state index contributed by atoms with van der Waals surface area (Å²) in [5.74, 6) is -0.0234. The lowest BCUT2D eigenvalue weighted by Gasteiger charge is -2.26. The fraction of sp³-hybridized carbons (Fsp3) is 0.667. The Morgan fingerprint density at radius 2 is 2.21 bits per heavy atom. The Morgan fingerprint density at radius 3 is 2.74 bits per heavy atom. The molecule has 0 fully saturated rings. The van der Waals surface area contributed by atoms with Gasteiger partial charge in [0.15, 0.2) is 0 Å². The minimum absolute atomic E-state index is 0.0234. The van der Waals surface area contributed by atoms with Crippen molar-refractivity contribution in [3.8, 4) is 0 Å². The van der Waals surface area contributed by atoms with Gasteiger partial charge in [-0.05, 0) is 31.8 Å². The van der Waals surface area contributed by atoms with E-state index in [9.17, 15) is 4.79 Å². The van der Waals surface area contributed by atoms with E-state index in [2.05, 4.69) is 16.5 Å². The molecule has 0 atom stereocenters. The third-order valence-electron chi connectivity index (χ3n) is 2.72. The van der Waals surface area contributed by atoms with Crippen molar-refractivity contribution in [3.63, 3.8) is 0 Å². The summed E-state index contributed by atoms with van der Waals surface area (Å²) in [6.45, 7) is 6.55. The number of nitrogens with two attached hydrogens (primary N) is 1. The molecule has 1 amide bonds. The molecular weight excluding hydrogens is 280 g/mol. The maximum Gasteiger partial charge on any atom is 0.267 e. The normalized spacial score (nSPS) is 10.7. The molecule has 0 bridgehead atoms. The molecule has 5 nitrogen and oxygen atoms in total. The summed E-state index contributed by atoms with van der Waals surface area (Å²) in [5.41, 5.74) is 6.30. The number of nitrogens with zero attached hydrogens (tertiary/aromatic N) is 3. The summed E-state index contributed by atoms with van der Waals surface area (Å²) in [7, 11) is 0. The van der Waals surface area contributed by atoms with E-state index in [1.54, 1.807) is 4.90 Å². The molecule has 1 aromatic rings. The Labute approximate surface area is 123 Å². The zero-order chi connectivity index (χ0) is 14.4. The summed E-state index contributed by atoms with van der Waals surface area (Å²) in [5, 5.41) is 4.03. The van der Waals surface area contributed by atoms with Crippen LogP contribution in [0.2, 0.25) is 0 Å². The zero-order valence-corrected chi connectivity index (χ0v) is 13.2. The van der Waals surface area contributed by atoms with E-state index in [0.29, 0.717) is 22.8 Å². The molecule has 0 aliphatic rings. The Morgan fingerprint density at radius 1 is 1.53 bits per heavy atom. The first kappa shape index (κ1) is 16.0. The second kappa shape index (κ2) is 7.49. The second-order valence-corrected chi connectivity index (χ2v) is 5.89. The van der Waals surface area contributed by atoms with Gasteiger partial charge in [-0.2, -0.15) is 0 Å². The van der Waals surface area contributed by atoms with Crippen molar-refractivity contribution in [3.05, 3.63) is 10.6 Å². The average Bonchev–Trinajstić information content (AvgIpc) is 2.76. The fourth-order valence-corrected chi connectivity index (χ4v) is 2.48. The van der Waals surface area contributed by atoms with Crippen LogP contribution in [0.25, 0.3) is 0 Å². The van der Waals surface area contributed by atoms with Gasteiger partial charge in [0.1, 0.15) is 4.88 Å². The molecule has 1 heterocycles.